The Morgan fingerprint density at radius 3 is 2.65 bits per heavy atom. The summed E-state index contributed by atoms with van der Waals surface area (Å²) >= 11 is 5.90. The molecule has 1 aromatic rings. The molecule has 5 nitrogen and oxygen atoms in total. The Morgan fingerprint density at radius 2 is 2.00 bits per heavy atom. The van der Waals surface area contributed by atoms with E-state index >= 15 is 0 Å². The summed E-state index contributed by atoms with van der Waals surface area (Å²) in [5, 5.41) is 12.2. The molecule has 0 aromatic carbocycles. The summed E-state index contributed by atoms with van der Waals surface area (Å²) < 4.78 is 0. The molecule has 0 spiro atoms. The Labute approximate surface area is 120 Å². The number of carboxylic acids is 1. The number of pyridine rings is 1. The van der Waals surface area contributed by atoms with E-state index in [1.54, 1.807) is 12.1 Å². The molecule has 2 bridgehead atoms. The molecule has 0 aliphatic heterocycles. The highest BCUT2D eigenvalue weighted by molar-refractivity contribution is 6.32. The quantitative estimate of drug-likeness (QED) is 0.661. The zero-order chi connectivity index (χ0) is 14.3. The predicted octanol–water partition coefficient (Wildman–Crippen LogP) is 2.20. The average Bonchev–Trinajstić information content (AvgIpc) is 3.01. The lowest BCUT2D eigenvalue weighted by atomic mass is 9.82. The van der Waals surface area contributed by atoms with Crippen molar-refractivity contribution in [1.82, 2.24) is 4.98 Å². The molecule has 2 unspecified atom stereocenters. The van der Waals surface area contributed by atoms with Gasteiger partial charge in [-0.3, -0.25) is 9.59 Å². The fourth-order valence-corrected chi connectivity index (χ4v) is 3.38. The molecular weight excluding hydrogens is 280 g/mol. The molecule has 2 aliphatic carbocycles. The molecule has 3 rings (SSSR count). The van der Waals surface area contributed by atoms with E-state index < -0.39 is 17.8 Å². The smallest absolute Gasteiger partial charge is 0.307 e. The van der Waals surface area contributed by atoms with Crippen molar-refractivity contribution in [2.45, 2.75) is 6.42 Å². The van der Waals surface area contributed by atoms with Crippen molar-refractivity contribution in [3.8, 4) is 0 Å². The number of halogens is 1. The third-order valence-corrected chi connectivity index (χ3v) is 4.37. The van der Waals surface area contributed by atoms with Gasteiger partial charge in [0.2, 0.25) is 5.91 Å². The molecule has 2 aliphatic rings. The van der Waals surface area contributed by atoms with E-state index in [0.717, 1.165) is 6.42 Å². The zero-order valence-corrected chi connectivity index (χ0v) is 11.2. The summed E-state index contributed by atoms with van der Waals surface area (Å²) in [6.07, 6.45) is 6.11. The second kappa shape index (κ2) is 4.90. The number of rotatable bonds is 3. The number of hydrogen-bond acceptors (Lipinski definition) is 3. The molecule has 1 saturated carbocycles. The SMILES string of the molecule is O=C(O)[C@@H]1C2C=CC(C2)[C@@H]1C(=O)Nc1cccnc1Cl. The Morgan fingerprint density at radius 1 is 1.30 bits per heavy atom. The van der Waals surface area contributed by atoms with Crippen LogP contribution in [0.4, 0.5) is 5.69 Å². The first-order valence-corrected chi connectivity index (χ1v) is 6.78. The van der Waals surface area contributed by atoms with Crippen LogP contribution in [-0.2, 0) is 9.59 Å². The van der Waals surface area contributed by atoms with Gasteiger partial charge in [0.1, 0.15) is 0 Å². The molecule has 0 saturated heterocycles. The van der Waals surface area contributed by atoms with Gasteiger partial charge in [-0.05, 0) is 30.4 Å². The van der Waals surface area contributed by atoms with Gasteiger partial charge in [-0.1, -0.05) is 23.8 Å². The monoisotopic (exact) mass is 292 g/mol. The van der Waals surface area contributed by atoms with Gasteiger partial charge >= 0.3 is 5.97 Å². The van der Waals surface area contributed by atoms with Crippen LogP contribution < -0.4 is 5.32 Å². The first-order valence-electron chi connectivity index (χ1n) is 6.40. The maximum Gasteiger partial charge on any atom is 0.307 e. The minimum atomic E-state index is -0.917. The number of amides is 1. The third kappa shape index (κ3) is 2.08. The lowest BCUT2D eigenvalue weighted by molar-refractivity contribution is -0.146. The standard InChI is InChI=1S/C14H13ClN2O3/c15-12-9(2-1-5-16-12)17-13(18)10-7-3-4-8(6-7)11(10)14(19)20/h1-5,7-8,10-11H,6H2,(H,17,18)(H,19,20)/t7?,8?,10-,11+/m0/s1. The number of aromatic nitrogens is 1. The molecule has 0 radical (unpaired) electrons. The number of anilines is 1. The van der Waals surface area contributed by atoms with Crippen LogP contribution in [0.2, 0.25) is 5.15 Å². The zero-order valence-electron chi connectivity index (χ0n) is 10.5. The van der Waals surface area contributed by atoms with Gasteiger partial charge in [-0.25, -0.2) is 4.98 Å². The first-order chi connectivity index (χ1) is 9.58. The van der Waals surface area contributed by atoms with Crippen molar-refractivity contribution in [2.24, 2.45) is 23.7 Å². The lowest BCUT2D eigenvalue weighted by Crippen LogP contribution is -2.36. The Balaban J connectivity index is 1.82. The van der Waals surface area contributed by atoms with E-state index in [2.05, 4.69) is 10.3 Å². The topological polar surface area (TPSA) is 79.3 Å². The van der Waals surface area contributed by atoms with E-state index in [4.69, 9.17) is 11.6 Å². The number of aliphatic carboxylic acids is 1. The molecule has 1 fully saturated rings. The normalized spacial score (nSPS) is 30.4. The predicted molar refractivity (Wildman–Crippen MR) is 73.2 cm³/mol. The van der Waals surface area contributed by atoms with Gasteiger partial charge in [0.05, 0.1) is 17.5 Å². The van der Waals surface area contributed by atoms with Crippen LogP contribution in [0.15, 0.2) is 30.5 Å². The van der Waals surface area contributed by atoms with Crippen molar-refractivity contribution in [1.29, 1.82) is 0 Å². The van der Waals surface area contributed by atoms with Crippen LogP contribution in [0.1, 0.15) is 6.42 Å². The Kier molecular flexibility index (Phi) is 3.22. The number of allylic oxidation sites excluding steroid dienone is 2. The average molecular weight is 293 g/mol. The van der Waals surface area contributed by atoms with Crippen molar-refractivity contribution in [3.05, 3.63) is 35.6 Å². The highest BCUT2D eigenvalue weighted by atomic mass is 35.5. The number of carboxylic acid groups (broad SMARTS) is 1. The third-order valence-electron chi connectivity index (χ3n) is 4.06. The van der Waals surface area contributed by atoms with Crippen LogP contribution in [0.3, 0.4) is 0 Å². The van der Waals surface area contributed by atoms with Gasteiger partial charge in [0.25, 0.3) is 0 Å². The lowest BCUT2D eigenvalue weighted by Gasteiger charge is -2.23. The van der Waals surface area contributed by atoms with E-state index in [1.165, 1.54) is 6.20 Å². The van der Waals surface area contributed by atoms with Gasteiger partial charge in [-0.2, -0.15) is 0 Å². The number of nitrogens with one attached hydrogen (secondary N) is 1. The second-order valence-electron chi connectivity index (χ2n) is 5.17. The van der Waals surface area contributed by atoms with E-state index in [0.29, 0.717) is 5.69 Å². The molecule has 20 heavy (non-hydrogen) atoms. The maximum atomic E-state index is 12.4. The second-order valence-corrected chi connectivity index (χ2v) is 5.53. The highest BCUT2D eigenvalue weighted by Crippen LogP contribution is 2.48. The molecule has 104 valence electrons. The fraction of sp³-hybridized carbons (Fsp3) is 0.357. The molecule has 1 aromatic heterocycles. The largest absolute Gasteiger partial charge is 0.481 e. The molecule has 1 amide bonds. The summed E-state index contributed by atoms with van der Waals surface area (Å²) in [6, 6.07) is 3.31. The van der Waals surface area contributed by atoms with E-state index in [-0.39, 0.29) is 22.9 Å². The summed E-state index contributed by atoms with van der Waals surface area (Å²) in [6.45, 7) is 0. The van der Waals surface area contributed by atoms with Crippen LogP contribution in [-0.4, -0.2) is 22.0 Å². The van der Waals surface area contributed by atoms with Crippen molar-refractivity contribution >= 4 is 29.2 Å². The summed E-state index contributed by atoms with van der Waals surface area (Å²) in [5.74, 6) is -2.46. The maximum absolute atomic E-state index is 12.4. The van der Waals surface area contributed by atoms with Gasteiger partial charge in [0.15, 0.2) is 5.15 Å². The van der Waals surface area contributed by atoms with Gasteiger partial charge < -0.3 is 10.4 Å². The number of carbonyl (C=O) groups excluding carboxylic acids is 1. The first kappa shape index (κ1) is 13.1. The van der Waals surface area contributed by atoms with Crippen LogP contribution in [0.5, 0.6) is 0 Å². The molecule has 1 heterocycles. The number of hydrogen-bond donors (Lipinski definition) is 2. The summed E-state index contributed by atoms with van der Waals surface area (Å²) in [4.78, 5) is 27.6. The number of nitrogens with zero attached hydrogens (tertiary/aromatic N) is 1. The molecule has 2 N–H and O–H groups in total. The van der Waals surface area contributed by atoms with Crippen molar-refractivity contribution in [3.63, 3.8) is 0 Å². The highest BCUT2D eigenvalue weighted by Gasteiger charge is 2.51. The van der Waals surface area contributed by atoms with E-state index in [9.17, 15) is 14.7 Å². The van der Waals surface area contributed by atoms with Crippen LogP contribution in [0, 0.1) is 23.7 Å². The van der Waals surface area contributed by atoms with E-state index in [1.807, 2.05) is 12.2 Å². The molecular formula is C14H13ClN2O3. The van der Waals surface area contributed by atoms with Crippen LogP contribution >= 0.6 is 11.6 Å². The fourth-order valence-electron chi connectivity index (χ4n) is 3.21. The van der Waals surface area contributed by atoms with Crippen molar-refractivity contribution in [2.75, 3.05) is 5.32 Å². The minimum Gasteiger partial charge on any atom is -0.481 e. The number of fused-ring (bicyclic) bond motifs is 2. The van der Waals surface area contributed by atoms with Gasteiger partial charge in [0, 0.05) is 6.20 Å². The van der Waals surface area contributed by atoms with Crippen LogP contribution in [0.25, 0.3) is 0 Å². The summed E-state index contributed by atoms with van der Waals surface area (Å²) in [7, 11) is 0. The Hall–Kier alpha value is -1.88. The van der Waals surface area contributed by atoms with Crippen molar-refractivity contribution < 1.29 is 14.7 Å². The summed E-state index contributed by atoms with van der Waals surface area (Å²) in [5.41, 5.74) is 0.412. The minimum absolute atomic E-state index is 0.00320. The molecule has 4 atom stereocenters. The Bertz CT molecular complexity index is 602. The van der Waals surface area contributed by atoms with Gasteiger partial charge in [-0.15, -0.1) is 0 Å². The molecule has 6 heteroatoms. The number of carbonyl (C=O) groups is 2.